The molecule has 8 nitrogen and oxygen atoms in total. The third kappa shape index (κ3) is 6.80. The van der Waals surface area contributed by atoms with Gasteiger partial charge in [-0.3, -0.25) is 9.10 Å². The number of halogens is 1. The molecule has 0 spiro atoms. The standard InChI is InChI=1S/C30H28ClN3O5S/c1-3-39-29-18-23(12-17-28(29)35)19-32-33-30(36)26-6-4-5-7-27(26)34(20-22-10-13-24(31)14-11-22)40(37,38)25-15-8-21(2)9-16-25/h4-19,35H,3,20H2,1-2H3,(H,33,36). The number of benzene rings is 4. The van der Waals surface area contributed by atoms with Gasteiger partial charge in [-0.05, 0) is 79.6 Å². The van der Waals surface area contributed by atoms with Gasteiger partial charge in [-0.2, -0.15) is 5.10 Å². The smallest absolute Gasteiger partial charge is 0.273 e. The van der Waals surface area contributed by atoms with Gasteiger partial charge in [0.15, 0.2) is 11.5 Å². The second kappa shape index (κ2) is 12.7. The molecule has 1 amide bonds. The summed E-state index contributed by atoms with van der Waals surface area (Å²) >= 11 is 6.04. The van der Waals surface area contributed by atoms with Gasteiger partial charge in [-0.15, -0.1) is 0 Å². The SMILES string of the molecule is CCOc1cc(C=NNC(=O)c2ccccc2N(Cc2ccc(Cl)cc2)S(=O)(=O)c2ccc(C)cc2)ccc1O. The van der Waals surface area contributed by atoms with Crippen LogP contribution in [0, 0.1) is 6.92 Å². The van der Waals surface area contributed by atoms with E-state index in [4.69, 9.17) is 16.3 Å². The highest BCUT2D eigenvalue weighted by molar-refractivity contribution is 7.92. The lowest BCUT2D eigenvalue weighted by Gasteiger charge is -2.26. The summed E-state index contributed by atoms with van der Waals surface area (Å²) < 4.78 is 34.4. The van der Waals surface area contributed by atoms with E-state index in [9.17, 15) is 18.3 Å². The maximum atomic E-state index is 13.9. The molecule has 206 valence electrons. The van der Waals surface area contributed by atoms with E-state index in [-0.39, 0.29) is 28.4 Å². The number of phenolic OH excluding ortho intramolecular Hbond substituents is 1. The van der Waals surface area contributed by atoms with Crippen LogP contribution in [-0.4, -0.2) is 32.3 Å². The van der Waals surface area contributed by atoms with Crippen LogP contribution in [0.1, 0.15) is 34.0 Å². The summed E-state index contributed by atoms with van der Waals surface area (Å²) in [6.45, 7) is 4.01. The van der Waals surface area contributed by atoms with E-state index in [1.807, 2.05) is 6.92 Å². The van der Waals surface area contributed by atoms with Gasteiger partial charge in [-0.1, -0.05) is 53.6 Å². The zero-order chi connectivity index (χ0) is 28.7. The fraction of sp³-hybridized carbons (Fsp3) is 0.133. The average Bonchev–Trinajstić information content (AvgIpc) is 2.94. The van der Waals surface area contributed by atoms with Crippen molar-refractivity contribution in [3.63, 3.8) is 0 Å². The molecule has 0 saturated heterocycles. The predicted molar refractivity (Wildman–Crippen MR) is 157 cm³/mol. The number of aromatic hydroxyl groups is 1. The Balaban J connectivity index is 1.67. The summed E-state index contributed by atoms with van der Waals surface area (Å²) in [5.74, 6) is -0.314. The van der Waals surface area contributed by atoms with Crippen LogP contribution >= 0.6 is 11.6 Å². The Hall–Kier alpha value is -4.34. The maximum Gasteiger partial charge on any atom is 0.273 e. The first kappa shape index (κ1) is 28.7. The van der Waals surface area contributed by atoms with Crippen LogP contribution in [0.25, 0.3) is 0 Å². The number of hydrogen-bond acceptors (Lipinski definition) is 6. The summed E-state index contributed by atoms with van der Waals surface area (Å²) in [7, 11) is -4.07. The highest BCUT2D eigenvalue weighted by atomic mass is 35.5. The van der Waals surface area contributed by atoms with Crippen molar-refractivity contribution in [3.8, 4) is 11.5 Å². The van der Waals surface area contributed by atoms with E-state index in [0.29, 0.717) is 28.5 Å². The minimum atomic E-state index is -4.07. The zero-order valence-electron chi connectivity index (χ0n) is 21.9. The fourth-order valence-corrected chi connectivity index (χ4v) is 5.48. The molecule has 0 unspecified atom stereocenters. The third-order valence-corrected chi connectivity index (χ3v) is 7.96. The lowest BCUT2D eigenvalue weighted by atomic mass is 10.1. The number of nitrogens with one attached hydrogen (secondary N) is 1. The Morgan fingerprint density at radius 1 is 1.02 bits per heavy atom. The number of aryl methyl sites for hydroxylation is 1. The Morgan fingerprint density at radius 2 is 1.73 bits per heavy atom. The van der Waals surface area contributed by atoms with Crippen LogP contribution in [0.5, 0.6) is 11.5 Å². The molecule has 0 atom stereocenters. The highest BCUT2D eigenvalue weighted by Gasteiger charge is 2.28. The number of amides is 1. The second-order valence-electron chi connectivity index (χ2n) is 8.83. The lowest BCUT2D eigenvalue weighted by Crippen LogP contribution is -2.33. The number of ether oxygens (including phenoxy) is 1. The molecule has 4 aromatic rings. The monoisotopic (exact) mass is 577 g/mol. The van der Waals surface area contributed by atoms with Crippen LogP contribution in [0.4, 0.5) is 5.69 Å². The molecule has 0 aliphatic carbocycles. The molecular weight excluding hydrogens is 550 g/mol. The van der Waals surface area contributed by atoms with Gasteiger partial charge in [-0.25, -0.2) is 13.8 Å². The topological polar surface area (TPSA) is 108 Å². The number of hydrazone groups is 1. The molecule has 0 fully saturated rings. The minimum absolute atomic E-state index is 0.00692. The second-order valence-corrected chi connectivity index (χ2v) is 11.1. The van der Waals surface area contributed by atoms with Crippen LogP contribution < -0.4 is 14.5 Å². The molecule has 2 N–H and O–H groups in total. The number of carbonyl (C=O) groups excluding carboxylic acids is 1. The van der Waals surface area contributed by atoms with Crippen molar-refractivity contribution in [2.45, 2.75) is 25.3 Å². The molecule has 0 heterocycles. The van der Waals surface area contributed by atoms with Crippen LogP contribution in [-0.2, 0) is 16.6 Å². The predicted octanol–water partition coefficient (Wildman–Crippen LogP) is 5.91. The van der Waals surface area contributed by atoms with Gasteiger partial charge in [0.1, 0.15) is 0 Å². The molecule has 10 heteroatoms. The molecule has 0 aliphatic heterocycles. The van der Waals surface area contributed by atoms with Crippen LogP contribution in [0.2, 0.25) is 5.02 Å². The van der Waals surface area contributed by atoms with Gasteiger partial charge in [0, 0.05) is 5.02 Å². The van der Waals surface area contributed by atoms with Crippen molar-refractivity contribution in [2.75, 3.05) is 10.9 Å². The number of sulfonamides is 1. The fourth-order valence-electron chi connectivity index (χ4n) is 3.88. The largest absolute Gasteiger partial charge is 0.504 e. The van der Waals surface area contributed by atoms with Crippen molar-refractivity contribution in [2.24, 2.45) is 5.10 Å². The zero-order valence-corrected chi connectivity index (χ0v) is 23.5. The van der Waals surface area contributed by atoms with E-state index in [2.05, 4.69) is 10.5 Å². The molecule has 4 rings (SSSR count). The molecule has 0 saturated carbocycles. The van der Waals surface area contributed by atoms with Crippen molar-refractivity contribution < 1.29 is 23.1 Å². The van der Waals surface area contributed by atoms with Gasteiger partial charge in [0.05, 0.1) is 35.5 Å². The van der Waals surface area contributed by atoms with Crippen molar-refractivity contribution in [1.29, 1.82) is 0 Å². The molecule has 0 aliphatic rings. The van der Waals surface area contributed by atoms with E-state index in [0.717, 1.165) is 5.56 Å². The van der Waals surface area contributed by atoms with E-state index >= 15 is 0 Å². The summed E-state index contributed by atoms with van der Waals surface area (Å²) in [6.07, 6.45) is 1.40. The first-order chi connectivity index (χ1) is 19.2. The Morgan fingerprint density at radius 3 is 2.42 bits per heavy atom. The number of nitrogens with zero attached hydrogens (tertiary/aromatic N) is 2. The number of phenols is 1. The average molecular weight is 578 g/mol. The summed E-state index contributed by atoms with van der Waals surface area (Å²) in [4.78, 5) is 13.4. The van der Waals surface area contributed by atoms with Crippen LogP contribution in [0.3, 0.4) is 0 Å². The van der Waals surface area contributed by atoms with Gasteiger partial charge >= 0.3 is 0 Å². The van der Waals surface area contributed by atoms with Gasteiger partial charge in [0.25, 0.3) is 15.9 Å². The van der Waals surface area contributed by atoms with Crippen molar-refractivity contribution in [3.05, 3.63) is 118 Å². The van der Waals surface area contributed by atoms with E-state index in [1.54, 1.807) is 85.8 Å². The summed E-state index contributed by atoms with van der Waals surface area (Å²) in [5.41, 5.74) is 4.96. The normalized spacial score (nSPS) is 11.4. The van der Waals surface area contributed by atoms with Crippen LogP contribution in [0.15, 0.2) is 101 Å². The number of carbonyl (C=O) groups is 1. The van der Waals surface area contributed by atoms with Gasteiger partial charge in [0.2, 0.25) is 0 Å². The molecule has 40 heavy (non-hydrogen) atoms. The Labute approximate surface area is 238 Å². The molecule has 0 bridgehead atoms. The van der Waals surface area contributed by atoms with E-state index < -0.39 is 15.9 Å². The summed E-state index contributed by atoms with van der Waals surface area (Å²) in [6, 6.07) is 24.5. The van der Waals surface area contributed by atoms with Crippen molar-refractivity contribution in [1.82, 2.24) is 5.43 Å². The molecule has 0 radical (unpaired) electrons. The maximum absolute atomic E-state index is 13.9. The minimum Gasteiger partial charge on any atom is -0.504 e. The van der Waals surface area contributed by atoms with Crippen molar-refractivity contribution >= 4 is 39.4 Å². The Kier molecular flexibility index (Phi) is 9.08. The van der Waals surface area contributed by atoms with Gasteiger partial charge < -0.3 is 9.84 Å². The first-order valence-electron chi connectivity index (χ1n) is 12.4. The molecule has 4 aromatic carbocycles. The lowest BCUT2D eigenvalue weighted by molar-refractivity contribution is 0.0955. The third-order valence-electron chi connectivity index (χ3n) is 5.93. The first-order valence-corrected chi connectivity index (χ1v) is 14.2. The molecule has 0 aromatic heterocycles. The number of anilines is 1. The highest BCUT2D eigenvalue weighted by Crippen LogP contribution is 2.30. The van der Waals surface area contributed by atoms with E-state index in [1.165, 1.54) is 22.7 Å². The number of rotatable bonds is 10. The summed E-state index contributed by atoms with van der Waals surface area (Å²) in [5, 5.41) is 14.4. The number of para-hydroxylation sites is 1. The Bertz CT molecular complexity index is 1620. The molecular formula is C30H28ClN3O5S. The quantitative estimate of drug-likeness (QED) is 0.180. The number of hydrogen-bond donors (Lipinski definition) is 2.